The van der Waals surface area contributed by atoms with Crippen LogP contribution in [0.15, 0.2) is 35.2 Å². The molecule has 0 amide bonds. The molecule has 0 spiro atoms. The quantitative estimate of drug-likeness (QED) is 0.521. The van der Waals surface area contributed by atoms with Gasteiger partial charge in [0.1, 0.15) is 0 Å². The fraction of sp³-hybridized carbons (Fsp3) is 0.333. The minimum atomic E-state index is 0.945. The van der Waals surface area contributed by atoms with Gasteiger partial charge in [-0.15, -0.1) is 11.8 Å². The van der Waals surface area contributed by atoms with Crippen LogP contribution in [0.3, 0.4) is 0 Å². The van der Waals surface area contributed by atoms with Crippen molar-refractivity contribution in [3.05, 3.63) is 30.3 Å². The second kappa shape index (κ2) is 3.55. The van der Waals surface area contributed by atoms with Crippen LogP contribution in [0.2, 0.25) is 0 Å². The molecule has 58 valence electrons. The zero-order valence-electron chi connectivity index (χ0n) is 6.19. The van der Waals surface area contributed by atoms with Gasteiger partial charge in [-0.1, -0.05) is 18.2 Å². The second-order valence-corrected chi connectivity index (χ2v) is 5.01. The summed E-state index contributed by atoms with van der Waals surface area (Å²) in [6.07, 6.45) is 0. The SMILES string of the molecule is c1ccc(SC[C@@H]2CS2)cc1. The lowest BCUT2D eigenvalue weighted by atomic mass is 10.4. The zero-order chi connectivity index (χ0) is 7.52. The van der Waals surface area contributed by atoms with Gasteiger partial charge in [0.15, 0.2) is 0 Å². The molecule has 1 saturated heterocycles. The summed E-state index contributed by atoms with van der Waals surface area (Å²) >= 11 is 4.04. The van der Waals surface area contributed by atoms with Crippen molar-refractivity contribution in [2.24, 2.45) is 0 Å². The van der Waals surface area contributed by atoms with Crippen molar-refractivity contribution < 1.29 is 0 Å². The van der Waals surface area contributed by atoms with E-state index in [4.69, 9.17) is 0 Å². The maximum Gasteiger partial charge on any atom is 0.0232 e. The van der Waals surface area contributed by atoms with Gasteiger partial charge in [0, 0.05) is 21.7 Å². The summed E-state index contributed by atoms with van der Waals surface area (Å²) in [7, 11) is 0. The van der Waals surface area contributed by atoms with Crippen LogP contribution in [0, 0.1) is 0 Å². The molecule has 0 aliphatic carbocycles. The van der Waals surface area contributed by atoms with E-state index in [9.17, 15) is 0 Å². The van der Waals surface area contributed by atoms with E-state index in [0.717, 1.165) is 5.25 Å². The molecular weight excluding hydrogens is 172 g/mol. The lowest BCUT2D eigenvalue weighted by Crippen LogP contribution is -1.85. The minimum absolute atomic E-state index is 0.945. The maximum absolute atomic E-state index is 2.18. The van der Waals surface area contributed by atoms with Crippen LogP contribution >= 0.6 is 23.5 Å². The summed E-state index contributed by atoms with van der Waals surface area (Å²) < 4.78 is 0. The maximum atomic E-state index is 2.18. The van der Waals surface area contributed by atoms with Gasteiger partial charge in [-0.05, 0) is 12.1 Å². The molecule has 1 heterocycles. The van der Waals surface area contributed by atoms with Crippen molar-refractivity contribution in [1.29, 1.82) is 0 Å². The highest BCUT2D eigenvalue weighted by Gasteiger charge is 2.21. The van der Waals surface area contributed by atoms with Crippen LogP contribution in [0.25, 0.3) is 0 Å². The Bertz CT molecular complexity index is 216. The first-order valence-electron chi connectivity index (χ1n) is 3.74. The van der Waals surface area contributed by atoms with E-state index in [2.05, 4.69) is 42.1 Å². The lowest BCUT2D eigenvalue weighted by molar-refractivity contribution is 1.26. The summed E-state index contributed by atoms with van der Waals surface area (Å²) in [5.74, 6) is 2.66. The first-order chi connectivity index (χ1) is 5.45. The molecule has 0 N–H and O–H groups in total. The number of rotatable bonds is 3. The molecule has 1 aromatic carbocycles. The van der Waals surface area contributed by atoms with Crippen LogP contribution in [0.5, 0.6) is 0 Å². The Hall–Kier alpha value is -0.0800. The molecule has 0 radical (unpaired) electrons. The predicted octanol–water partition coefficient (Wildman–Crippen LogP) is 2.89. The van der Waals surface area contributed by atoms with Gasteiger partial charge in [0.2, 0.25) is 0 Å². The molecule has 1 aliphatic heterocycles. The molecule has 1 fully saturated rings. The molecular formula is C9H10S2. The third-order valence-electron chi connectivity index (χ3n) is 1.58. The highest BCUT2D eigenvalue weighted by atomic mass is 32.2. The summed E-state index contributed by atoms with van der Waals surface area (Å²) in [4.78, 5) is 1.40. The van der Waals surface area contributed by atoms with E-state index in [1.54, 1.807) is 0 Å². The fourth-order valence-electron chi connectivity index (χ4n) is 0.870. The summed E-state index contributed by atoms with van der Waals surface area (Å²) in [5.41, 5.74) is 0. The number of thioether (sulfide) groups is 2. The van der Waals surface area contributed by atoms with Crippen LogP contribution in [-0.2, 0) is 0 Å². The summed E-state index contributed by atoms with van der Waals surface area (Å²) in [6.45, 7) is 0. The van der Waals surface area contributed by atoms with Crippen molar-refractivity contribution in [3.8, 4) is 0 Å². The van der Waals surface area contributed by atoms with Crippen molar-refractivity contribution in [2.75, 3.05) is 11.5 Å². The molecule has 11 heavy (non-hydrogen) atoms. The molecule has 1 atom stereocenters. The van der Waals surface area contributed by atoms with Crippen molar-refractivity contribution in [2.45, 2.75) is 10.1 Å². The number of hydrogen-bond acceptors (Lipinski definition) is 2. The van der Waals surface area contributed by atoms with Crippen LogP contribution < -0.4 is 0 Å². The molecule has 1 aliphatic rings. The average Bonchev–Trinajstić information content (AvgIpc) is 2.86. The molecule has 2 heteroatoms. The van der Waals surface area contributed by atoms with Gasteiger partial charge in [-0.25, -0.2) is 0 Å². The smallest absolute Gasteiger partial charge is 0.0232 e. The van der Waals surface area contributed by atoms with E-state index >= 15 is 0 Å². The normalized spacial score (nSPS) is 21.6. The Morgan fingerprint density at radius 3 is 2.73 bits per heavy atom. The molecule has 0 aromatic heterocycles. The van der Waals surface area contributed by atoms with Crippen molar-refractivity contribution in [3.63, 3.8) is 0 Å². The topological polar surface area (TPSA) is 0 Å². The molecule has 0 nitrogen and oxygen atoms in total. The molecule has 1 aromatic rings. The van der Waals surface area contributed by atoms with Gasteiger partial charge in [0.25, 0.3) is 0 Å². The summed E-state index contributed by atoms with van der Waals surface area (Å²) in [5, 5.41) is 0.945. The Labute approximate surface area is 75.8 Å². The van der Waals surface area contributed by atoms with Crippen LogP contribution in [0.4, 0.5) is 0 Å². The van der Waals surface area contributed by atoms with E-state index in [-0.39, 0.29) is 0 Å². The van der Waals surface area contributed by atoms with E-state index in [1.807, 2.05) is 11.8 Å². The third kappa shape index (κ3) is 2.46. The standard InChI is InChI=1S/C9H10S2/c1-2-4-8(5-3-1)10-6-9-7-11-9/h1-5,9H,6-7H2/t9-/m1/s1. The Morgan fingerprint density at radius 1 is 1.36 bits per heavy atom. The Morgan fingerprint density at radius 2 is 2.09 bits per heavy atom. The van der Waals surface area contributed by atoms with Crippen LogP contribution in [0.1, 0.15) is 0 Å². The Kier molecular flexibility index (Phi) is 2.44. The van der Waals surface area contributed by atoms with E-state index in [0.29, 0.717) is 0 Å². The van der Waals surface area contributed by atoms with E-state index in [1.165, 1.54) is 16.4 Å². The number of benzene rings is 1. The van der Waals surface area contributed by atoms with Gasteiger partial charge < -0.3 is 0 Å². The highest BCUT2D eigenvalue weighted by molar-refractivity contribution is 8.08. The monoisotopic (exact) mass is 182 g/mol. The fourth-order valence-corrected chi connectivity index (χ4v) is 2.71. The first kappa shape index (κ1) is 7.56. The minimum Gasteiger partial charge on any atom is -0.156 e. The van der Waals surface area contributed by atoms with Gasteiger partial charge in [0.05, 0.1) is 0 Å². The third-order valence-corrected chi connectivity index (χ3v) is 3.94. The lowest BCUT2D eigenvalue weighted by Gasteiger charge is -1.96. The van der Waals surface area contributed by atoms with E-state index < -0.39 is 0 Å². The van der Waals surface area contributed by atoms with Crippen LogP contribution in [-0.4, -0.2) is 16.8 Å². The zero-order valence-corrected chi connectivity index (χ0v) is 7.83. The Balaban J connectivity index is 1.85. The molecule has 0 bridgehead atoms. The first-order valence-corrected chi connectivity index (χ1v) is 5.78. The molecule has 0 unspecified atom stereocenters. The van der Waals surface area contributed by atoms with Gasteiger partial charge >= 0.3 is 0 Å². The summed E-state index contributed by atoms with van der Waals surface area (Å²) in [6, 6.07) is 10.6. The van der Waals surface area contributed by atoms with Gasteiger partial charge in [-0.3, -0.25) is 0 Å². The number of hydrogen-bond donors (Lipinski definition) is 0. The second-order valence-electron chi connectivity index (χ2n) is 2.58. The largest absolute Gasteiger partial charge is 0.156 e. The molecule has 2 rings (SSSR count). The predicted molar refractivity (Wildman–Crippen MR) is 53.4 cm³/mol. The van der Waals surface area contributed by atoms with Gasteiger partial charge in [-0.2, -0.15) is 11.8 Å². The average molecular weight is 182 g/mol. The molecule has 0 saturated carbocycles. The van der Waals surface area contributed by atoms with Crippen molar-refractivity contribution in [1.82, 2.24) is 0 Å². The van der Waals surface area contributed by atoms with Crippen molar-refractivity contribution >= 4 is 23.5 Å². The highest BCUT2D eigenvalue weighted by Crippen LogP contribution is 2.34.